The molecule has 1 aromatic heterocycles. The fraction of sp³-hybridized carbons (Fsp3) is 0.381. The number of sulfone groups is 1. The van der Waals surface area contributed by atoms with Crippen LogP contribution in [-0.2, 0) is 16.3 Å². The van der Waals surface area contributed by atoms with E-state index in [-0.39, 0.29) is 33.7 Å². The van der Waals surface area contributed by atoms with E-state index < -0.39 is 23.1 Å². The molecular formula is C21H27N5O5SSi. The van der Waals surface area contributed by atoms with Crippen molar-refractivity contribution in [2.45, 2.75) is 50.5 Å². The summed E-state index contributed by atoms with van der Waals surface area (Å²) in [5.41, 5.74) is 0.776. The molecule has 2 aromatic carbocycles. The van der Waals surface area contributed by atoms with Gasteiger partial charge in [-0.3, -0.25) is 10.1 Å². The summed E-state index contributed by atoms with van der Waals surface area (Å²) in [6, 6.07) is 12.9. The van der Waals surface area contributed by atoms with Gasteiger partial charge >= 0.3 is 0 Å². The average Bonchev–Trinajstić information content (AvgIpc) is 3.23. The molecule has 0 aliphatic heterocycles. The van der Waals surface area contributed by atoms with E-state index in [4.69, 9.17) is 4.43 Å². The predicted octanol–water partition coefficient (Wildman–Crippen LogP) is 3.97. The molecule has 0 amide bonds. The number of aryl methyl sites for hydroxylation is 1. The second-order valence-corrected chi connectivity index (χ2v) is 15.9. The van der Waals surface area contributed by atoms with Gasteiger partial charge in [-0.25, -0.2) is 8.42 Å². The monoisotopic (exact) mass is 489 g/mol. The molecule has 0 bridgehead atoms. The van der Waals surface area contributed by atoms with Gasteiger partial charge < -0.3 is 4.43 Å². The third-order valence-electron chi connectivity index (χ3n) is 5.79. The number of hydrogen-bond donors (Lipinski definition) is 0. The van der Waals surface area contributed by atoms with Gasteiger partial charge in [0.25, 0.3) is 10.8 Å². The van der Waals surface area contributed by atoms with E-state index in [1.807, 2.05) is 24.3 Å². The number of non-ortho nitro benzene ring substituents is 1. The number of nitro groups is 1. The minimum absolute atomic E-state index is 0.00737. The molecule has 0 N–H and O–H groups in total. The largest absolute Gasteiger partial charge is 0.543 e. The maximum atomic E-state index is 13.1. The Labute approximate surface area is 193 Å². The zero-order chi connectivity index (χ0) is 24.4. The summed E-state index contributed by atoms with van der Waals surface area (Å²) in [4.78, 5) is 10.5. The van der Waals surface area contributed by atoms with Gasteiger partial charge in [-0.2, -0.15) is 4.68 Å². The van der Waals surface area contributed by atoms with Crippen molar-refractivity contribution in [1.82, 2.24) is 20.2 Å². The Hall–Kier alpha value is -3.12. The summed E-state index contributed by atoms with van der Waals surface area (Å²) in [6.07, 6.45) is 0.203. The maximum absolute atomic E-state index is 13.1. The smallest absolute Gasteiger partial charge is 0.272 e. The van der Waals surface area contributed by atoms with E-state index >= 15 is 0 Å². The highest BCUT2D eigenvalue weighted by Crippen LogP contribution is 2.38. The molecule has 0 aliphatic rings. The zero-order valence-corrected chi connectivity index (χ0v) is 21.0. The molecule has 0 saturated carbocycles. The second kappa shape index (κ2) is 9.02. The van der Waals surface area contributed by atoms with Crippen LogP contribution in [0.2, 0.25) is 18.1 Å². The lowest BCUT2D eigenvalue weighted by Gasteiger charge is -2.37. The van der Waals surface area contributed by atoms with Gasteiger partial charge in [-0.1, -0.05) is 50.1 Å². The van der Waals surface area contributed by atoms with Crippen LogP contribution in [0.25, 0.3) is 5.69 Å². The molecule has 12 heteroatoms. The molecule has 0 unspecified atom stereocenters. The first-order valence-corrected chi connectivity index (χ1v) is 14.9. The maximum Gasteiger partial charge on any atom is 0.272 e. The molecule has 0 saturated heterocycles. The minimum Gasteiger partial charge on any atom is -0.543 e. The molecule has 0 fully saturated rings. The Balaban J connectivity index is 1.86. The Kier molecular flexibility index (Phi) is 6.70. The molecule has 1 heterocycles. The first-order chi connectivity index (χ1) is 15.3. The van der Waals surface area contributed by atoms with E-state index in [0.717, 1.165) is 10.2 Å². The summed E-state index contributed by atoms with van der Waals surface area (Å²) in [7, 11) is -6.02. The van der Waals surface area contributed by atoms with Crippen molar-refractivity contribution in [2.24, 2.45) is 0 Å². The van der Waals surface area contributed by atoms with Crippen LogP contribution in [-0.4, -0.2) is 47.6 Å². The number of nitro benzene ring substituents is 1. The highest BCUT2D eigenvalue weighted by Gasteiger charge is 2.39. The lowest BCUT2D eigenvalue weighted by atomic mass is 10.1. The highest BCUT2D eigenvalue weighted by molar-refractivity contribution is 7.91. The predicted molar refractivity (Wildman–Crippen MR) is 126 cm³/mol. The van der Waals surface area contributed by atoms with E-state index in [9.17, 15) is 18.5 Å². The summed E-state index contributed by atoms with van der Waals surface area (Å²) < 4.78 is 33.6. The van der Waals surface area contributed by atoms with Crippen LogP contribution in [0.3, 0.4) is 0 Å². The number of rotatable bonds is 8. The standard InChI is InChI=1S/C21H27N5O5SSi/c1-21(2,3)33(4,5)31-19-12-7-6-9-16(19)13-14-32(29,30)20-22-23-24-25(20)17-10-8-11-18(15-17)26(27)28/h6-12,15H,13-14H2,1-5H3. The lowest BCUT2D eigenvalue weighted by molar-refractivity contribution is -0.384. The number of hydrogen-bond acceptors (Lipinski definition) is 8. The molecule has 0 aliphatic carbocycles. The Bertz CT molecular complexity index is 1270. The molecule has 0 atom stereocenters. The molecular weight excluding hydrogens is 462 g/mol. The number of tetrazole rings is 1. The first kappa shape index (κ1) is 24.5. The molecule has 0 radical (unpaired) electrons. The van der Waals surface area contributed by atoms with Crippen LogP contribution in [0.15, 0.2) is 53.7 Å². The third kappa shape index (κ3) is 5.45. The summed E-state index contributed by atoms with van der Waals surface area (Å²) in [5, 5.41) is 21.6. The molecule has 33 heavy (non-hydrogen) atoms. The van der Waals surface area contributed by atoms with Crippen LogP contribution in [0.4, 0.5) is 5.69 Å². The highest BCUT2D eigenvalue weighted by atomic mass is 32.2. The quantitative estimate of drug-likeness (QED) is 0.264. The Morgan fingerprint density at radius 2 is 1.82 bits per heavy atom. The van der Waals surface area contributed by atoms with Crippen molar-refractivity contribution in [1.29, 1.82) is 0 Å². The van der Waals surface area contributed by atoms with Crippen molar-refractivity contribution in [2.75, 3.05) is 5.75 Å². The van der Waals surface area contributed by atoms with E-state index in [0.29, 0.717) is 5.75 Å². The van der Waals surface area contributed by atoms with Crippen LogP contribution in [0, 0.1) is 10.1 Å². The Morgan fingerprint density at radius 1 is 1.12 bits per heavy atom. The van der Waals surface area contributed by atoms with Crippen LogP contribution < -0.4 is 4.43 Å². The van der Waals surface area contributed by atoms with Crippen molar-refractivity contribution in [3.8, 4) is 11.4 Å². The van der Waals surface area contributed by atoms with Crippen molar-refractivity contribution in [3.05, 3.63) is 64.2 Å². The number of aromatic nitrogens is 4. The van der Waals surface area contributed by atoms with Gasteiger partial charge in [0, 0.05) is 12.1 Å². The van der Waals surface area contributed by atoms with E-state index in [2.05, 4.69) is 49.4 Å². The molecule has 176 valence electrons. The SMILES string of the molecule is CC(C)(C)[Si](C)(C)Oc1ccccc1CCS(=O)(=O)c1nnnn1-c1cccc([N+](=O)[O-])c1. The summed E-state index contributed by atoms with van der Waals surface area (Å²) in [6.45, 7) is 10.7. The van der Waals surface area contributed by atoms with Crippen LogP contribution in [0.1, 0.15) is 26.3 Å². The molecule has 10 nitrogen and oxygen atoms in total. The van der Waals surface area contributed by atoms with Gasteiger partial charge in [0.1, 0.15) is 5.75 Å². The van der Waals surface area contributed by atoms with Gasteiger partial charge in [0.15, 0.2) is 0 Å². The molecule has 0 spiro atoms. The van der Waals surface area contributed by atoms with Gasteiger partial charge in [-0.05, 0) is 52.7 Å². The normalized spacial score (nSPS) is 12.5. The van der Waals surface area contributed by atoms with Gasteiger partial charge in [0.2, 0.25) is 18.2 Å². The number of benzene rings is 2. The Morgan fingerprint density at radius 3 is 2.48 bits per heavy atom. The second-order valence-electron chi connectivity index (χ2n) is 9.19. The van der Waals surface area contributed by atoms with Crippen LogP contribution in [0.5, 0.6) is 5.75 Å². The number of nitrogens with zero attached hydrogens (tertiary/aromatic N) is 5. The van der Waals surface area contributed by atoms with Gasteiger partial charge in [-0.15, -0.1) is 0 Å². The fourth-order valence-electron chi connectivity index (χ4n) is 2.85. The van der Waals surface area contributed by atoms with Gasteiger partial charge in [0.05, 0.1) is 16.4 Å². The fourth-order valence-corrected chi connectivity index (χ4v) is 5.14. The number of para-hydroxylation sites is 1. The first-order valence-electron chi connectivity index (χ1n) is 10.3. The third-order valence-corrected chi connectivity index (χ3v) is 11.7. The van der Waals surface area contributed by atoms with Crippen LogP contribution >= 0.6 is 0 Å². The van der Waals surface area contributed by atoms with E-state index in [1.54, 1.807) is 0 Å². The summed E-state index contributed by atoms with van der Waals surface area (Å²) in [5.74, 6) is 0.428. The lowest BCUT2D eigenvalue weighted by Crippen LogP contribution is -2.44. The van der Waals surface area contributed by atoms with Crippen molar-refractivity contribution in [3.63, 3.8) is 0 Å². The van der Waals surface area contributed by atoms with E-state index in [1.165, 1.54) is 24.3 Å². The summed E-state index contributed by atoms with van der Waals surface area (Å²) >= 11 is 0. The van der Waals surface area contributed by atoms with Crippen molar-refractivity contribution >= 4 is 23.8 Å². The minimum atomic E-state index is -3.90. The topological polar surface area (TPSA) is 130 Å². The molecule has 3 rings (SSSR count). The zero-order valence-electron chi connectivity index (χ0n) is 19.2. The van der Waals surface area contributed by atoms with Crippen molar-refractivity contribution < 1.29 is 17.8 Å². The average molecular weight is 490 g/mol. The molecule has 3 aromatic rings.